The van der Waals surface area contributed by atoms with Gasteiger partial charge >= 0.3 is 5.69 Å². The molecule has 0 spiro atoms. The van der Waals surface area contributed by atoms with E-state index in [1.54, 1.807) is 17.9 Å². The molecule has 1 aliphatic rings. The van der Waals surface area contributed by atoms with Crippen LogP contribution in [-0.4, -0.2) is 24.6 Å². The minimum atomic E-state index is -0.401. The molecule has 2 heterocycles. The fraction of sp³-hybridized carbons (Fsp3) is 0.500. The zero-order valence-electron chi connectivity index (χ0n) is 18.8. The summed E-state index contributed by atoms with van der Waals surface area (Å²) in [6.45, 7) is 0.483. The summed E-state index contributed by atoms with van der Waals surface area (Å²) in [6, 6.07) is 10.3. The van der Waals surface area contributed by atoms with Gasteiger partial charge in [-0.15, -0.1) is 0 Å². The van der Waals surface area contributed by atoms with Crippen LogP contribution in [0.25, 0.3) is 11.2 Å². The maximum atomic E-state index is 12.8. The van der Waals surface area contributed by atoms with Crippen LogP contribution in [0.3, 0.4) is 0 Å². The van der Waals surface area contributed by atoms with Crippen molar-refractivity contribution in [3.05, 3.63) is 63.1 Å². The van der Waals surface area contributed by atoms with Crippen LogP contribution in [0.1, 0.15) is 56.6 Å². The number of hydrogen-bond acceptors (Lipinski definition) is 4. The molecule has 1 N–H and O–H groups in total. The molecule has 1 aliphatic carbocycles. The summed E-state index contributed by atoms with van der Waals surface area (Å²) >= 11 is 0. The molecule has 32 heavy (non-hydrogen) atoms. The largest absolute Gasteiger partial charge is 0.349 e. The first kappa shape index (κ1) is 22.0. The van der Waals surface area contributed by atoms with Gasteiger partial charge in [0.05, 0.1) is 12.4 Å². The fourth-order valence-corrected chi connectivity index (χ4v) is 4.82. The molecule has 1 aromatic carbocycles. The van der Waals surface area contributed by atoms with Crippen LogP contribution >= 0.6 is 0 Å². The third kappa shape index (κ3) is 4.40. The third-order valence-electron chi connectivity index (χ3n) is 6.62. The van der Waals surface area contributed by atoms with Crippen molar-refractivity contribution in [1.29, 1.82) is 0 Å². The van der Waals surface area contributed by atoms with Gasteiger partial charge in [0, 0.05) is 27.1 Å². The van der Waals surface area contributed by atoms with E-state index in [-0.39, 0.29) is 17.5 Å². The summed E-state index contributed by atoms with van der Waals surface area (Å²) in [6.07, 6.45) is 8.50. The summed E-state index contributed by atoms with van der Waals surface area (Å²) in [5.74, 6) is 0.492. The van der Waals surface area contributed by atoms with E-state index in [1.807, 2.05) is 18.2 Å². The van der Waals surface area contributed by atoms with Gasteiger partial charge in [0.15, 0.2) is 11.2 Å². The number of carbonyl (C=O) groups excluding carboxylic acids is 1. The molecule has 1 unspecified atom stereocenters. The van der Waals surface area contributed by atoms with Crippen LogP contribution in [0, 0.1) is 5.92 Å². The molecule has 1 saturated carbocycles. The van der Waals surface area contributed by atoms with E-state index in [9.17, 15) is 14.4 Å². The standard InChI is InChI=1S/C24H31N5O3/c1-27-22-21(23(31)28(2)24(27)32)29(16-25-22)15-9-14-19(30)26-20(17-10-5-3-6-11-17)18-12-7-4-8-13-18/h3,5-6,10-11,16,18,20H,4,7-9,12-15H2,1-2H3,(H,26,30). The van der Waals surface area contributed by atoms with Crippen LogP contribution in [-0.2, 0) is 25.4 Å². The Morgan fingerprint density at radius 1 is 1.09 bits per heavy atom. The highest BCUT2D eigenvalue weighted by Crippen LogP contribution is 2.34. The van der Waals surface area contributed by atoms with Gasteiger partial charge in [0.1, 0.15) is 0 Å². The molecule has 170 valence electrons. The molecule has 0 saturated heterocycles. The van der Waals surface area contributed by atoms with Crippen LogP contribution in [0.2, 0.25) is 0 Å². The van der Waals surface area contributed by atoms with Gasteiger partial charge in [0.25, 0.3) is 5.56 Å². The van der Waals surface area contributed by atoms with Crippen molar-refractivity contribution in [2.45, 2.75) is 57.5 Å². The molecule has 0 bridgehead atoms. The molecule has 2 aromatic heterocycles. The topological polar surface area (TPSA) is 90.9 Å². The summed E-state index contributed by atoms with van der Waals surface area (Å²) in [5.41, 5.74) is 1.15. The van der Waals surface area contributed by atoms with Crippen molar-refractivity contribution in [3.63, 3.8) is 0 Å². The Labute approximate surface area is 186 Å². The average Bonchev–Trinajstić information content (AvgIpc) is 3.25. The molecule has 1 amide bonds. The first-order valence-corrected chi connectivity index (χ1v) is 11.4. The van der Waals surface area contributed by atoms with Crippen LogP contribution < -0.4 is 16.6 Å². The van der Waals surface area contributed by atoms with Gasteiger partial charge in [-0.2, -0.15) is 0 Å². The molecule has 1 fully saturated rings. The van der Waals surface area contributed by atoms with Gasteiger partial charge in [-0.05, 0) is 30.7 Å². The Hall–Kier alpha value is -3.16. The highest BCUT2D eigenvalue weighted by atomic mass is 16.2. The highest BCUT2D eigenvalue weighted by Gasteiger charge is 2.26. The Kier molecular flexibility index (Phi) is 6.58. The number of nitrogens with zero attached hydrogens (tertiary/aromatic N) is 4. The van der Waals surface area contributed by atoms with Crippen LogP contribution in [0.4, 0.5) is 0 Å². The number of hydrogen-bond donors (Lipinski definition) is 1. The molecule has 4 rings (SSSR count). The first-order valence-electron chi connectivity index (χ1n) is 11.4. The van der Waals surface area contributed by atoms with Crippen molar-refractivity contribution in [2.24, 2.45) is 20.0 Å². The van der Waals surface area contributed by atoms with E-state index >= 15 is 0 Å². The van der Waals surface area contributed by atoms with E-state index < -0.39 is 5.69 Å². The number of benzene rings is 1. The molecule has 3 aromatic rings. The minimum absolute atomic E-state index is 0.0224. The number of imidazole rings is 1. The Balaban J connectivity index is 1.43. The quantitative estimate of drug-likeness (QED) is 0.615. The molecule has 0 aliphatic heterocycles. The smallest absolute Gasteiger partial charge is 0.332 e. The monoisotopic (exact) mass is 437 g/mol. The third-order valence-corrected chi connectivity index (χ3v) is 6.62. The number of aromatic nitrogens is 4. The normalized spacial score (nSPS) is 15.7. The van der Waals surface area contributed by atoms with Crippen molar-refractivity contribution < 1.29 is 4.79 Å². The predicted molar refractivity (Wildman–Crippen MR) is 123 cm³/mol. The zero-order valence-corrected chi connectivity index (χ0v) is 18.8. The van der Waals surface area contributed by atoms with E-state index in [2.05, 4.69) is 22.4 Å². The van der Waals surface area contributed by atoms with Gasteiger partial charge in [-0.3, -0.25) is 18.7 Å². The molecule has 1 atom stereocenters. The van der Waals surface area contributed by atoms with E-state index in [4.69, 9.17) is 0 Å². The van der Waals surface area contributed by atoms with Gasteiger partial charge in [-0.1, -0.05) is 49.6 Å². The molecular weight excluding hydrogens is 406 g/mol. The number of fused-ring (bicyclic) bond motifs is 1. The Bertz CT molecular complexity index is 1200. The molecule has 8 heteroatoms. The summed E-state index contributed by atoms with van der Waals surface area (Å²) in [7, 11) is 3.06. The summed E-state index contributed by atoms with van der Waals surface area (Å²) in [5, 5.41) is 3.28. The van der Waals surface area contributed by atoms with E-state index in [0.29, 0.717) is 36.5 Å². The SMILES string of the molecule is Cn1c(=O)c2c(ncn2CCCC(=O)NC(c2ccccc2)C2CCCCC2)n(C)c1=O. The van der Waals surface area contributed by atoms with Crippen LogP contribution in [0.15, 0.2) is 46.2 Å². The fourth-order valence-electron chi connectivity index (χ4n) is 4.82. The lowest BCUT2D eigenvalue weighted by Gasteiger charge is -2.31. The Morgan fingerprint density at radius 2 is 1.81 bits per heavy atom. The van der Waals surface area contributed by atoms with Crippen molar-refractivity contribution >= 4 is 17.1 Å². The second-order valence-electron chi connectivity index (χ2n) is 8.77. The zero-order chi connectivity index (χ0) is 22.7. The highest BCUT2D eigenvalue weighted by molar-refractivity contribution is 5.76. The van der Waals surface area contributed by atoms with Crippen molar-refractivity contribution in [3.8, 4) is 0 Å². The average molecular weight is 438 g/mol. The maximum Gasteiger partial charge on any atom is 0.332 e. The van der Waals surface area contributed by atoms with E-state index in [1.165, 1.54) is 30.9 Å². The van der Waals surface area contributed by atoms with Gasteiger partial charge in [-0.25, -0.2) is 9.78 Å². The second-order valence-corrected chi connectivity index (χ2v) is 8.77. The van der Waals surface area contributed by atoms with Gasteiger partial charge < -0.3 is 9.88 Å². The lowest BCUT2D eigenvalue weighted by molar-refractivity contribution is -0.122. The lowest BCUT2D eigenvalue weighted by Crippen LogP contribution is -2.37. The first-order chi connectivity index (χ1) is 15.5. The number of aryl methyl sites for hydroxylation is 2. The molecule has 0 radical (unpaired) electrons. The van der Waals surface area contributed by atoms with Crippen molar-refractivity contribution in [2.75, 3.05) is 0 Å². The predicted octanol–water partition coefficient (Wildman–Crippen LogP) is 2.65. The van der Waals surface area contributed by atoms with Crippen molar-refractivity contribution in [1.82, 2.24) is 24.0 Å². The summed E-state index contributed by atoms with van der Waals surface area (Å²) in [4.78, 5) is 41.7. The summed E-state index contributed by atoms with van der Waals surface area (Å²) < 4.78 is 4.19. The van der Waals surface area contributed by atoms with Crippen LogP contribution in [0.5, 0.6) is 0 Å². The van der Waals surface area contributed by atoms with E-state index in [0.717, 1.165) is 23.0 Å². The number of rotatable bonds is 7. The number of nitrogens with one attached hydrogen (secondary N) is 1. The Morgan fingerprint density at radius 3 is 2.53 bits per heavy atom. The lowest BCUT2D eigenvalue weighted by atomic mass is 9.81. The minimum Gasteiger partial charge on any atom is -0.349 e. The molecular formula is C24H31N5O3. The van der Waals surface area contributed by atoms with Gasteiger partial charge in [0.2, 0.25) is 5.91 Å². The number of carbonyl (C=O) groups is 1. The number of amides is 1. The maximum absolute atomic E-state index is 12.8. The second kappa shape index (κ2) is 9.54. The molecule has 8 nitrogen and oxygen atoms in total.